The van der Waals surface area contributed by atoms with Crippen molar-refractivity contribution in [2.45, 2.75) is 56.0 Å². The van der Waals surface area contributed by atoms with Crippen LogP contribution < -0.4 is 16.4 Å². The van der Waals surface area contributed by atoms with Gasteiger partial charge in [-0.05, 0) is 54.2 Å². The van der Waals surface area contributed by atoms with Crippen molar-refractivity contribution in [1.82, 2.24) is 14.9 Å². The van der Waals surface area contributed by atoms with Crippen LogP contribution in [-0.2, 0) is 19.6 Å². The van der Waals surface area contributed by atoms with E-state index in [1.807, 2.05) is 60.7 Å². The molecule has 10 nitrogen and oxygen atoms in total. The van der Waals surface area contributed by atoms with E-state index < -0.39 is 59.0 Å². The van der Waals surface area contributed by atoms with E-state index in [0.29, 0.717) is 18.5 Å². The molecule has 0 spiro atoms. The van der Waals surface area contributed by atoms with Gasteiger partial charge in [0, 0.05) is 32.1 Å². The van der Waals surface area contributed by atoms with Crippen molar-refractivity contribution < 1.29 is 30.6 Å². The number of amides is 2. The highest BCUT2D eigenvalue weighted by atomic mass is 32.2. The third kappa shape index (κ3) is 9.54. The van der Waals surface area contributed by atoms with Crippen molar-refractivity contribution in [3.8, 4) is 0 Å². The molecular formula is C33H44N4O6S. The highest BCUT2D eigenvalue weighted by Gasteiger charge is 2.33. The Balaban J connectivity index is 1.76. The normalized spacial score (nSPS) is 15.2. The van der Waals surface area contributed by atoms with Gasteiger partial charge in [-0.1, -0.05) is 80.9 Å². The van der Waals surface area contributed by atoms with Gasteiger partial charge in [-0.25, -0.2) is 13.2 Å². The number of nitrogens with zero attached hydrogens (tertiary/aromatic N) is 1. The second-order valence-corrected chi connectivity index (χ2v) is 12.6. The summed E-state index contributed by atoms with van der Waals surface area (Å²) in [6, 6.07) is 22.0. The standard InChI is InChI=1S/C33H44N4O6S/c1-24(2)22-37(44(41,42)29-19-17-27(34)18-20-29)28(23-38)16-10-11-21-35-32(39)31(36-33(40)43-3)30(25-12-6-4-7-13-25)26-14-8-5-9-15-26/h4-9,12-15,17-20,24,28,30-31,38H,10-11,16,21-23,34H2,1-3H3,(H,35,39)(H,36,40)/t28-,31-/m0/s1/i22D,23D/t22?,23?,28-,31-. The number of alkyl carbamates (subject to hydrolysis) is 1. The number of ether oxygens (including phenoxy) is 1. The molecule has 0 heterocycles. The number of anilines is 1. The number of carbonyl (C=O) groups excluding carboxylic acids is 2. The van der Waals surface area contributed by atoms with Crippen LogP contribution in [0.25, 0.3) is 0 Å². The monoisotopic (exact) mass is 626 g/mol. The summed E-state index contributed by atoms with van der Waals surface area (Å²) in [6.07, 6.45) is 0.00963. The lowest BCUT2D eigenvalue weighted by Gasteiger charge is -2.31. The van der Waals surface area contributed by atoms with Gasteiger partial charge in [0.05, 0.1) is 20.0 Å². The van der Waals surface area contributed by atoms with Crippen LogP contribution in [0.15, 0.2) is 89.8 Å². The quantitative estimate of drug-likeness (QED) is 0.138. The molecule has 11 heteroatoms. The summed E-state index contributed by atoms with van der Waals surface area (Å²) in [5.74, 6) is -1.40. The lowest BCUT2D eigenvalue weighted by Crippen LogP contribution is -2.50. The summed E-state index contributed by atoms with van der Waals surface area (Å²) < 4.78 is 49.8. The van der Waals surface area contributed by atoms with Crippen LogP contribution in [0.3, 0.4) is 0 Å². The zero-order chi connectivity index (χ0) is 33.9. The average molecular weight is 627 g/mol. The molecule has 238 valence electrons. The number of hydrogen-bond acceptors (Lipinski definition) is 7. The summed E-state index contributed by atoms with van der Waals surface area (Å²) in [5, 5.41) is 16.0. The smallest absolute Gasteiger partial charge is 0.407 e. The van der Waals surface area contributed by atoms with Gasteiger partial charge in [0.2, 0.25) is 15.9 Å². The number of carbonyl (C=O) groups is 2. The molecule has 0 bridgehead atoms. The predicted molar refractivity (Wildman–Crippen MR) is 171 cm³/mol. The Morgan fingerprint density at radius 1 is 0.955 bits per heavy atom. The summed E-state index contributed by atoms with van der Waals surface area (Å²) in [7, 11) is -3.04. The van der Waals surface area contributed by atoms with Gasteiger partial charge >= 0.3 is 6.09 Å². The Hall–Kier alpha value is -3.93. The van der Waals surface area contributed by atoms with Crippen molar-refractivity contribution in [2.24, 2.45) is 5.92 Å². The fraction of sp³-hybridized carbons (Fsp3) is 0.394. The Morgan fingerprint density at radius 2 is 1.52 bits per heavy atom. The van der Waals surface area contributed by atoms with Crippen molar-refractivity contribution >= 4 is 27.7 Å². The number of nitrogen functional groups attached to an aromatic ring is 1. The van der Waals surface area contributed by atoms with Gasteiger partial charge in [-0.2, -0.15) is 4.31 Å². The molecule has 0 aliphatic carbocycles. The number of unbranched alkanes of at least 4 members (excludes halogenated alkanes) is 1. The van der Waals surface area contributed by atoms with Crippen molar-refractivity contribution in [1.29, 1.82) is 0 Å². The maximum atomic E-state index is 13.7. The third-order valence-electron chi connectivity index (χ3n) is 7.02. The summed E-state index contributed by atoms with van der Waals surface area (Å²) in [5.41, 5.74) is 7.73. The largest absolute Gasteiger partial charge is 0.453 e. The molecule has 3 aromatic carbocycles. The molecule has 0 saturated carbocycles. The van der Waals surface area contributed by atoms with E-state index in [2.05, 4.69) is 10.6 Å². The predicted octanol–water partition coefficient (Wildman–Crippen LogP) is 4.12. The molecule has 2 unspecified atom stereocenters. The number of hydrogen-bond donors (Lipinski definition) is 4. The minimum atomic E-state index is -4.26. The summed E-state index contributed by atoms with van der Waals surface area (Å²) in [4.78, 5) is 25.9. The molecule has 0 saturated heterocycles. The number of sulfonamides is 1. The molecule has 4 atom stereocenters. The molecule has 0 aliphatic heterocycles. The molecule has 0 aromatic heterocycles. The highest BCUT2D eigenvalue weighted by Crippen LogP contribution is 2.29. The Morgan fingerprint density at radius 3 is 2.02 bits per heavy atom. The molecular weight excluding hydrogens is 580 g/mol. The molecule has 44 heavy (non-hydrogen) atoms. The van der Waals surface area contributed by atoms with E-state index in [4.69, 9.17) is 13.2 Å². The molecule has 0 radical (unpaired) electrons. The zero-order valence-corrected chi connectivity index (χ0v) is 26.1. The van der Waals surface area contributed by atoms with E-state index in [9.17, 15) is 23.1 Å². The fourth-order valence-corrected chi connectivity index (χ4v) is 6.52. The third-order valence-corrected chi connectivity index (χ3v) is 8.83. The van der Waals surface area contributed by atoms with Crippen LogP contribution in [0.5, 0.6) is 0 Å². The molecule has 0 fully saturated rings. The lowest BCUT2D eigenvalue weighted by molar-refractivity contribution is -0.123. The van der Waals surface area contributed by atoms with Gasteiger partial charge in [0.1, 0.15) is 6.04 Å². The number of nitrogens with one attached hydrogen (secondary N) is 2. The average Bonchev–Trinajstić information content (AvgIpc) is 3.04. The summed E-state index contributed by atoms with van der Waals surface area (Å²) >= 11 is 0. The molecule has 5 N–H and O–H groups in total. The molecule has 0 aliphatic rings. The maximum Gasteiger partial charge on any atom is 0.407 e. The number of aliphatic hydroxyl groups excluding tert-OH is 1. The Kier molecular flexibility index (Phi) is 12.0. The first-order valence-corrected chi connectivity index (χ1v) is 16.0. The number of nitrogens with two attached hydrogens (primary N) is 1. The van der Waals surface area contributed by atoms with Crippen LogP contribution in [0, 0.1) is 5.92 Å². The first-order valence-electron chi connectivity index (χ1n) is 15.7. The van der Waals surface area contributed by atoms with Crippen molar-refractivity contribution in [3.05, 3.63) is 96.1 Å². The second-order valence-electron chi connectivity index (χ2n) is 10.7. The number of aliphatic hydroxyl groups is 1. The summed E-state index contributed by atoms with van der Waals surface area (Å²) in [6.45, 7) is 0.502. The number of benzene rings is 3. The van der Waals surface area contributed by atoms with Gasteiger partial charge in [-0.15, -0.1) is 0 Å². The topological polar surface area (TPSA) is 151 Å². The minimum Gasteiger partial charge on any atom is -0.453 e. The van der Waals surface area contributed by atoms with E-state index in [-0.39, 0.29) is 17.9 Å². The fourth-order valence-electron chi connectivity index (χ4n) is 4.88. The lowest BCUT2D eigenvalue weighted by atomic mass is 9.84. The SMILES string of the molecule is [2H]C(O)[C@H](CCCCNC(=O)[C@@H](NC(=O)OC)C(c1ccccc1)c1ccccc1)N(C([2H])C(C)C)S(=O)(=O)c1ccc(N)cc1. The second kappa shape index (κ2) is 16.8. The van der Waals surface area contributed by atoms with E-state index >= 15 is 0 Å². The van der Waals surface area contributed by atoms with Crippen LogP contribution in [0.4, 0.5) is 10.5 Å². The maximum absolute atomic E-state index is 13.7. The van der Waals surface area contributed by atoms with Gasteiger partial charge < -0.3 is 26.2 Å². The first kappa shape index (κ1) is 31.5. The zero-order valence-electron chi connectivity index (χ0n) is 27.3. The van der Waals surface area contributed by atoms with Crippen molar-refractivity contribution in [3.63, 3.8) is 0 Å². The van der Waals surface area contributed by atoms with E-state index in [1.165, 1.54) is 31.4 Å². The van der Waals surface area contributed by atoms with E-state index in [0.717, 1.165) is 15.4 Å². The van der Waals surface area contributed by atoms with Crippen LogP contribution in [0.1, 0.15) is 52.9 Å². The van der Waals surface area contributed by atoms with Gasteiger partial charge in [0.25, 0.3) is 0 Å². The molecule has 2 amide bonds. The first-order chi connectivity index (χ1) is 21.9. The molecule has 3 rings (SSSR count). The highest BCUT2D eigenvalue weighted by molar-refractivity contribution is 7.89. The molecule has 3 aromatic rings. The number of rotatable bonds is 16. The Labute approximate surface area is 263 Å². The minimum absolute atomic E-state index is 0.0668. The van der Waals surface area contributed by atoms with Crippen LogP contribution in [-0.4, -0.2) is 68.7 Å². The van der Waals surface area contributed by atoms with Gasteiger partial charge in [0.15, 0.2) is 0 Å². The van der Waals surface area contributed by atoms with Crippen LogP contribution in [0.2, 0.25) is 0 Å². The van der Waals surface area contributed by atoms with E-state index in [1.54, 1.807) is 13.8 Å². The van der Waals surface area contributed by atoms with Crippen molar-refractivity contribution in [2.75, 3.05) is 32.5 Å². The van der Waals surface area contributed by atoms with Gasteiger partial charge in [-0.3, -0.25) is 4.79 Å². The van der Waals surface area contributed by atoms with Crippen LogP contribution >= 0.6 is 0 Å². The Bertz CT molecular complexity index is 1460. The number of methoxy groups -OCH3 is 1.